The molecule has 2 aliphatic rings. The van der Waals surface area contributed by atoms with E-state index in [0.29, 0.717) is 0 Å². The lowest BCUT2D eigenvalue weighted by atomic mass is 10.0. The summed E-state index contributed by atoms with van der Waals surface area (Å²) >= 11 is 0. The zero-order valence-corrected chi connectivity index (χ0v) is 15.0. The molecule has 132 valence electrons. The number of benzene rings is 2. The Morgan fingerprint density at radius 2 is 1.62 bits per heavy atom. The predicted molar refractivity (Wildman–Crippen MR) is 104 cm³/mol. The van der Waals surface area contributed by atoms with Gasteiger partial charge in [0.1, 0.15) is 0 Å². The first-order valence-electron chi connectivity index (χ1n) is 9.34. The number of piperidine rings is 1. The van der Waals surface area contributed by atoms with Gasteiger partial charge in [-0.2, -0.15) is 0 Å². The zero-order valence-electron chi connectivity index (χ0n) is 15.0. The van der Waals surface area contributed by atoms with E-state index in [-0.39, 0.29) is 6.79 Å². The Bertz CT molecular complexity index is 960. The van der Waals surface area contributed by atoms with Crippen LogP contribution < -0.4 is 14.4 Å². The van der Waals surface area contributed by atoms with Crippen LogP contribution in [-0.2, 0) is 0 Å². The first kappa shape index (κ1) is 15.5. The third-order valence-electron chi connectivity index (χ3n) is 5.39. The Labute approximate surface area is 153 Å². The van der Waals surface area contributed by atoms with Gasteiger partial charge < -0.3 is 14.4 Å². The van der Waals surface area contributed by atoms with Crippen LogP contribution in [0.5, 0.6) is 11.5 Å². The Hall–Kier alpha value is -2.75. The fourth-order valence-electron chi connectivity index (χ4n) is 3.93. The summed E-state index contributed by atoms with van der Waals surface area (Å²) in [5.41, 5.74) is 5.61. The van der Waals surface area contributed by atoms with Crippen LogP contribution in [0.4, 0.5) is 5.69 Å². The summed E-state index contributed by atoms with van der Waals surface area (Å²) in [6, 6.07) is 15.0. The summed E-state index contributed by atoms with van der Waals surface area (Å²) in [6.45, 7) is 4.74. The monoisotopic (exact) mass is 346 g/mol. The molecule has 0 radical (unpaired) electrons. The minimum absolute atomic E-state index is 0.287. The minimum Gasteiger partial charge on any atom is -0.454 e. The second-order valence-electron chi connectivity index (χ2n) is 7.14. The van der Waals surface area contributed by atoms with Crippen molar-refractivity contribution in [3.63, 3.8) is 0 Å². The average Bonchev–Trinajstić information content (AvgIpc) is 3.15. The van der Waals surface area contributed by atoms with E-state index in [4.69, 9.17) is 14.5 Å². The van der Waals surface area contributed by atoms with Gasteiger partial charge in [0.05, 0.1) is 11.2 Å². The van der Waals surface area contributed by atoms with Crippen molar-refractivity contribution in [3.8, 4) is 22.8 Å². The van der Waals surface area contributed by atoms with Gasteiger partial charge in [0.2, 0.25) is 6.79 Å². The highest BCUT2D eigenvalue weighted by Gasteiger charge is 2.17. The van der Waals surface area contributed by atoms with Crippen LogP contribution in [-0.4, -0.2) is 24.9 Å². The molecule has 0 N–H and O–H groups in total. The van der Waals surface area contributed by atoms with Crippen LogP contribution in [0.25, 0.3) is 22.2 Å². The highest BCUT2D eigenvalue weighted by Crippen LogP contribution is 2.37. The van der Waals surface area contributed by atoms with Gasteiger partial charge >= 0.3 is 0 Å². The number of pyridine rings is 1. The lowest BCUT2D eigenvalue weighted by Gasteiger charge is -2.28. The summed E-state index contributed by atoms with van der Waals surface area (Å²) in [5, 5.41) is 1.11. The Morgan fingerprint density at radius 3 is 2.38 bits per heavy atom. The lowest BCUT2D eigenvalue weighted by molar-refractivity contribution is 0.174. The van der Waals surface area contributed by atoms with Crippen molar-refractivity contribution in [1.82, 2.24) is 4.98 Å². The SMILES string of the molecule is Cc1cc(-c2ccc(N3CCCCC3)cc2)nc2cc3c(cc12)OCO3. The molecule has 0 saturated carbocycles. The van der Waals surface area contributed by atoms with Gasteiger partial charge in [0.25, 0.3) is 0 Å². The van der Waals surface area contributed by atoms with E-state index >= 15 is 0 Å². The van der Waals surface area contributed by atoms with Gasteiger partial charge in [0.15, 0.2) is 11.5 Å². The first-order valence-corrected chi connectivity index (χ1v) is 9.34. The average molecular weight is 346 g/mol. The maximum absolute atomic E-state index is 5.51. The molecule has 0 bridgehead atoms. The molecule has 3 aromatic rings. The van der Waals surface area contributed by atoms with Crippen LogP contribution in [0.2, 0.25) is 0 Å². The van der Waals surface area contributed by atoms with Gasteiger partial charge in [0, 0.05) is 35.8 Å². The highest BCUT2D eigenvalue weighted by molar-refractivity contribution is 5.88. The third-order valence-corrected chi connectivity index (χ3v) is 5.39. The molecule has 0 aliphatic carbocycles. The van der Waals surface area contributed by atoms with E-state index < -0.39 is 0 Å². The second-order valence-corrected chi connectivity index (χ2v) is 7.14. The number of aromatic nitrogens is 1. The molecule has 1 saturated heterocycles. The quantitative estimate of drug-likeness (QED) is 0.659. The molecule has 4 nitrogen and oxygen atoms in total. The van der Waals surface area contributed by atoms with Gasteiger partial charge in [-0.1, -0.05) is 12.1 Å². The van der Waals surface area contributed by atoms with Crippen LogP contribution >= 0.6 is 0 Å². The van der Waals surface area contributed by atoms with Crippen molar-refractivity contribution < 1.29 is 9.47 Å². The van der Waals surface area contributed by atoms with Crippen molar-refractivity contribution >= 4 is 16.6 Å². The largest absolute Gasteiger partial charge is 0.454 e. The summed E-state index contributed by atoms with van der Waals surface area (Å²) in [6.07, 6.45) is 3.94. The fraction of sp³-hybridized carbons (Fsp3) is 0.318. The normalized spacial score (nSPS) is 16.3. The summed E-state index contributed by atoms with van der Waals surface area (Å²) in [7, 11) is 0. The molecule has 2 aliphatic heterocycles. The van der Waals surface area contributed by atoms with Crippen molar-refractivity contribution in [2.75, 3.05) is 24.8 Å². The number of hydrogen-bond acceptors (Lipinski definition) is 4. The van der Waals surface area contributed by atoms with E-state index in [2.05, 4.69) is 42.2 Å². The lowest BCUT2D eigenvalue weighted by Crippen LogP contribution is -2.29. The number of fused-ring (bicyclic) bond motifs is 2. The first-order chi connectivity index (χ1) is 12.8. The molecule has 0 atom stereocenters. The maximum Gasteiger partial charge on any atom is 0.231 e. The molecule has 26 heavy (non-hydrogen) atoms. The smallest absolute Gasteiger partial charge is 0.231 e. The van der Waals surface area contributed by atoms with Gasteiger partial charge in [-0.3, -0.25) is 0 Å². The van der Waals surface area contributed by atoms with E-state index in [1.165, 1.54) is 43.6 Å². The highest BCUT2D eigenvalue weighted by atomic mass is 16.7. The van der Waals surface area contributed by atoms with E-state index in [9.17, 15) is 0 Å². The molecule has 2 aromatic carbocycles. The predicted octanol–water partition coefficient (Wildman–Crippen LogP) is 4.93. The van der Waals surface area contributed by atoms with Crippen LogP contribution in [0.3, 0.4) is 0 Å². The topological polar surface area (TPSA) is 34.6 Å². The molecule has 5 rings (SSSR count). The van der Waals surface area contributed by atoms with Crippen molar-refractivity contribution in [2.45, 2.75) is 26.2 Å². The number of anilines is 1. The Morgan fingerprint density at radius 1 is 0.885 bits per heavy atom. The Kier molecular flexibility index (Phi) is 3.70. The molecule has 3 heterocycles. The number of rotatable bonds is 2. The maximum atomic E-state index is 5.51. The minimum atomic E-state index is 0.287. The van der Waals surface area contributed by atoms with Gasteiger partial charge in [-0.05, 0) is 56.0 Å². The second kappa shape index (κ2) is 6.20. The van der Waals surface area contributed by atoms with Gasteiger partial charge in [-0.15, -0.1) is 0 Å². The van der Waals surface area contributed by atoms with Crippen LogP contribution in [0, 0.1) is 6.92 Å². The number of ether oxygens (including phenoxy) is 2. The molecule has 0 unspecified atom stereocenters. The van der Waals surface area contributed by atoms with E-state index in [0.717, 1.165) is 33.7 Å². The summed E-state index contributed by atoms with van der Waals surface area (Å²) in [5.74, 6) is 1.59. The zero-order chi connectivity index (χ0) is 17.5. The molecule has 0 spiro atoms. The molecule has 1 fully saturated rings. The number of hydrogen-bond donors (Lipinski definition) is 0. The molecule has 0 amide bonds. The standard InChI is InChI=1S/C22H22N2O2/c1-15-11-19(23-20-13-22-21(12-18(15)20)25-14-26-22)16-5-7-17(8-6-16)24-9-3-2-4-10-24/h5-8,11-13H,2-4,9-10,14H2,1H3. The van der Waals surface area contributed by atoms with Crippen LogP contribution in [0.1, 0.15) is 24.8 Å². The molecule has 4 heteroatoms. The summed E-state index contributed by atoms with van der Waals surface area (Å²) in [4.78, 5) is 7.36. The van der Waals surface area contributed by atoms with E-state index in [1.54, 1.807) is 0 Å². The van der Waals surface area contributed by atoms with Crippen molar-refractivity contribution in [3.05, 3.63) is 48.0 Å². The molecular formula is C22H22N2O2. The van der Waals surface area contributed by atoms with Crippen molar-refractivity contribution in [2.24, 2.45) is 0 Å². The Balaban J connectivity index is 1.51. The number of aryl methyl sites for hydroxylation is 1. The third kappa shape index (κ3) is 2.66. The molecular weight excluding hydrogens is 324 g/mol. The van der Waals surface area contributed by atoms with E-state index in [1.807, 2.05) is 12.1 Å². The van der Waals surface area contributed by atoms with Crippen LogP contribution in [0.15, 0.2) is 42.5 Å². The van der Waals surface area contributed by atoms with Gasteiger partial charge in [-0.25, -0.2) is 4.98 Å². The molecule has 1 aromatic heterocycles. The number of nitrogens with zero attached hydrogens (tertiary/aromatic N) is 2. The van der Waals surface area contributed by atoms with Crippen molar-refractivity contribution in [1.29, 1.82) is 0 Å². The summed E-state index contributed by atoms with van der Waals surface area (Å²) < 4.78 is 11.0. The fourth-order valence-corrected chi connectivity index (χ4v) is 3.93.